The van der Waals surface area contributed by atoms with Crippen molar-refractivity contribution in [3.05, 3.63) is 59.6 Å². The number of hydrogen-bond donors (Lipinski definition) is 0. The molecule has 0 radical (unpaired) electrons. The van der Waals surface area contributed by atoms with Crippen molar-refractivity contribution in [2.45, 2.75) is 19.4 Å². The molecule has 1 aliphatic rings. The highest BCUT2D eigenvalue weighted by atomic mass is 32.1. The normalized spacial score (nSPS) is 13.9. The molecule has 24 heavy (non-hydrogen) atoms. The number of amides is 1. The van der Waals surface area contributed by atoms with Crippen LogP contribution in [-0.4, -0.2) is 10.9 Å². The third-order valence-corrected chi connectivity index (χ3v) is 4.81. The van der Waals surface area contributed by atoms with Crippen LogP contribution >= 0.6 is 11.3 Å². The van der Waals surface area contributed by atoms with Gasteiger partial charge in [0.2, 0.25) is 5.91 Å². The largest absolute Gasteiger partial charge is 0.467 e. The van der Waals surface area contributed by atoms with Gasteiger partial charge < -0.3 is 4.42 Å². The van der Waals surface area contributed by atoms with Gasteiger partial charge in [0.1, 0.15) is 11.6 Å². The lowest BCUT2D eigenvalue weighted by Crippen LogP contribution is -2.31. The fourth-order valence-corrected chi connectivity index (χ4v) is 3.33. The van der Waals surface area contributed by atoms with Crippen molar-refractivity contribution in [2.24, 2.45) is 5.92 Å². The summed E-state index contributed by atoms with van der Waals surface area (Å²) in [6.45, 7) is 0.374. The number of carbonyl (C=O) groups excluding carboxylic acids is 1. The Morgan fingerprint density at radius 2 is 2.08 bits per heavy atom. The van der Waals surface area contributed by atoms with Gasteiger partial charge >= 0.3 is 0 Å². The zero-order valence-corrected chi connectivity index (χ0v) is 13.6. The first-order valence-electron chi connectivity index (χ1n) is 7.76. The molecule has 0 unspecified atom stereocenters. The van der Waals surface area contributed by atoms with Gasteiger partial charge in [-0.1, -0.05) is 0 Å². The SMILES string of the molecule is O=C(C1CC1)N(Cc1ccco1)c1nc(-c2ccc(F)cc2)cs1. The maximum absolute atomic E-state index is 13.1. The van der Waals surface area contributed by atoms with Gasteiger partial charge in [-0.2, -0.15) is 0 Å². The highest BCUT2D eigenvalue weighted by Crippen LogP contribution is 2.35. The molecule has 1 saturated carbocycles. The second-order valence-electron chi connectivity index (χ2n) is 5.80. The molecule has 0 aliphatic heterocycles. The van der Waals surface area contributed by atoms with Crippen molar-refractivity contribution < 1.29 is 13.6 Å². The number of anilines is 1. The zero-order chi connectivity index (χ0) is 16.5. The fraction of sp³-hybridized carbons (Fsp3) is 0.222. The van der Waals surface area contributed by atoms with Crippen molar-refractivity contribution in [1.82, 2.24) is 4.98 Å². The van der Waals surface area contributed by atoms with Crippen molar-refractivity contribution in [2.75, 3.05) is 4.90 Å². The summed E-state index contributed by atoms with van der Waals surface area (Å²) in [5.41, 5.74) is 1.57. The van der Waals surface area contributed by atoms with Gasteiger partial charge in [-0.05, 0) is 49.2 Å². The van der Waals surface area contributed by atoms with E-state index in [1.807, 2.05) is 11.4 Å². The molecule has 0 spiro atoms. The molecule has 1 amide bonds. The Bertz CT molecular complexity index is 838. The average molecular weight is 342 g/mol. The van der Waals surface area contributed by atoms with Crippen molar-refractivity contribution >= 4 is 22.4 Å². The van der Waals surface area contributed by atoms with E-state index >= 15 is 0 Å². The number of carbonyl (C=O) groups is 1. The Balaban J connectivity index is 1.62. The summed E-state index contributed by atoms with van der Waals surface area (Å²) in [7, 11) is 0. The van der Waals surface area contributed by atoms with Gasteiger partial charge in [-0.25, -0.2) is 9.37 Å². The molecule has 0 bridgehead atoms. The van der Waals surface area contributed by atoms with Gasteiger partial charge in [0.25, 0.3) is 0 Å². The smallest absolute Gasteiger partial charge is 0.232 e. The number of aromatic nitrogens is 1. The highest BCUT2D eigenvalue weighted by Gasteiger charge is 2.35. The molecule has 1 fully saturated rings. The molecule has 6 heteroatoms. The highest BCUT2D eigenvalue weighted by molar-refractivity contribution is 7.14. The molecule has 3 aromatic rings. The number of rotatable bonds is 5. The molecular weight excluding hydrogens is 327 g/mol. The summed E-state index contributed by atoms with van der Waals surface area (Å²) in [5.74, 6) is 0.629. The average Bonchev–Trinajstić information content (AvgIpc) is 3.10. The molecule has 1 aliphatic carbocycles. The molecule has 122 valence electrons. The van der Waals surface area contributed by atoms with E-state index in [1.54, 1.807) is 29.4 Å². The van der Waals surface area contributed by atoms with E-state index in [0.29, 0.717) is 11.7 Å². The Hall–Kier alpha value is -2.47. The molecular formula is C18H15FN2O2S. The lowest BCUT2D eigenvalue weighted by Gasteiger charge is -2.18. The summed E-state index contributed by atoms with van der Waals surface area (Å²) >= 11 is 1.41. The van der Waals surface area contributed by atoms with Crippen molar-refractivity contribution in [3.63, 3.8) is 0 Å². The maximum atomic E-state index is 13.1. The van der Waals surface area contributed by atoms with Crippen LogP contribution in [-0.2, 0) is 11.3 Å². The maximum Gasteiger partial charge on any atom is 0.232 e. The molecule has 0 atom stereocenters. The van der Waals surface area contributed by atoms with Gasteiger partial charge in [0.15, 0.2) is 5.13 Å². The number of thiazole rings is 1. The fourth-order valence-electron chi connectivity index (χ4n) is 2.49. The summed E-state index contributed by atoms with van der Waals surface area (Å²) in [5, 5.41) is 2.53. The van der Waals surface area contributed by atoms with Crippen LogP contribution in [0, 0.1) is 11.7 Å². The first kappa shape index (κ1) is 15.1. The molecule has 2 heterocycles. The second kappa shape index (κ2) is 6.20. The Labute approximate surface area is 142 Å². The molecule has 0 N–H and O–H groups in total. The minimum atomic E-state index is -0.280. The number of nitrogens with zero attached hydrogens (tertiary/aromatic N) is 2. The lowest BCUT2D eigenvalue weighted by atomic mass is 10.2. The van der Waals surface area contributed by atoms with E-state index in [9.17, 15) is 9.18 Å². The predicted octanol–water partition coefficient (Wildman–Crippen LogP) is 4.49. The van der Waals surface area contributed by atoms with E-state index in [1.165, 1.54) is 23.5 Å². The zero-order valence-electron chi connectivity index (χ0n) is 12.8. The Kier molecular flexibility index (Phi) is 3.90. The third kappa shape index (κ3) is 3.10. The summed E-state index contributed by atoms with van der Waals surface area (Å²) in [4.78, 5) is 18.9. The quantitative estimate of drug-likeness (QED) is 0.686. The van der Waals surface area contributed by atoms with Gasteiger partial charge in [0, 0.05) is 16.9 Å². The van der Waals surface area contributed by atoms with Crippen LogP contribution in [0.4, 0.5) is 9.52 Å². The Morgan fingerprint density at radius 1 is 1.29 bits per heavy atom. The van der Waals surface area contributed by atoms with E-state index in [4.69, 9.17) is 4.42 Å². The van der Waals surface area contributed by atoms with Crippen LogP contribution in [0.15, 0.2) is 52.5 Å². The Morgan fingerprint density at radius 3 is 2.75 bits per heavy atom. The van der Waals surface area contributed by atoms with Crippen LogP contribution in [0.25, 0.3) is 11.3 Å². The van der Waals surface area contributed by atoms with Gasteiger partial charge in [0.05, 0.1) is 18.5 Å². The summed E-state index contributed by atoms with van der Waals surface area (Å²) < 4.78 is 18.4. The van der Waals surface area contributed by atoms with Crippen LogP contribution in [0.2, 0.25) is 0 Å². The number of hydrogen-bond acceptors (Lipinski definition) is 4. The van der Waals surface area contributed by atoms with Crippen molar-refractivity contribution in [1.29, 1.82) is 0 Å². The van der Waals surface area contributed by atoms with E-state index < -0.39 is 0 Å². The minimum absolute atomic E-state index is 0.0893. The molecule has 2 aromatic heterocycles. The molecule has 0 saturated heterocycles. The van der Waals surface area contributed by atoms with E-state index in [-0.39, 0.29) is 17.6 Å². The first-order valence-corrected chi connectivity index (χ1v) is 8.64. The van der Waals surface area contributed by atoms with Crippen LogP contribution in [0.3, 0.4) is 0 Å². The van der Waals surface area contributed by atoms with Crippen molar-refractivity contribution in [3.8, 4) is 11.3 Å². The van der Waals surface area contributed by atoms with Gasteiger partial charge in [-0.3, -0.25) is 9.69 Å². The van der Waals surface area contributed by atoms with E-state index in [2.05, 4.69) is 4.98 Å². The number of furan rings is 1. The summed E-state index contributed by atoms with van der Waals surface area (Å²) in [6, 6.07) is 9.85. The molecule has 1 aromatic carbocycles. The second-order valence-corrected chi connectivity index (χ2v) is 6.64. The molecule has 4 nitrogen and oxygen atoms in total. The third-order valence-electron chi connectivity index (χ3n) is 3.95. The van der Waals surface area contributed by atoms with E-state index in [0.717, 1.165) is 29.9 Å². The van der Waals surface area contributed by atoms with Crippen LogP contribution in [0.5, 0.6) is 0 Å². The standard InChI is InChI=1S/C18H15FN2O2S/c19-14-7-5-12(6-8-14)16-11-24-18(20-16)21(17(22)13-3-4-13)10-15-2-1-9-23-15/h1-2,5-9,11,13H,3-4,10H2. The van der Waals surface area contributed by atoms with Gasteiger partial charge in [-0.15, -0.1) is 11.3 Å². The van der Waals surface area contributed by atoms with Crippen LogP contribution in [0.1, 0.15) is 18.6 Å². The molecule has 4 rings (SSSR count). The topological polar surface area (TPSA) is 46.3 Å². The van der Waals surface area contributed by atoms with Crippen LogP contribution < -0.4 is 4.90 Å². The minimum Gasteiger partial charge on any atom is -0.467 e. The lowest BCUT2D eigenvalue weighted by molar-refractivity contribution is -0.120. The monoisotopic (exact) mass is 342 g/mol. The first-order chi connectivity index (χ1) is 11.7. The summed E-state index contributed by atoms with van der Waals surface area (Å²) in [6.07, 6.45) is 3.47. The number of halogens is 1. The predicted molar refractivity (Wildman–Crippen MR) is 90.1 cm³/mol. The number of benzene rings is 1.